The molecule has 0 unspecified atom stereocenters. The largest absolute Gasteiger partial charge is 0.295 e. The number of hydrogen-bond acceptors (Lipinski definition) is 1. The van der Waals surface area contributed by atoms with Gasteiger partial charge in [0.05, 0.1) is 0 Å². The summed E-state index contributed by atoms with van der Waals surface area (Å²) in [6.45, 7) is 2.13. The molecule has 2 rings (SSSR count). The van der Waals surface area contributed by atoms with Crippen LogP contribution >= 0.6 is 0 Å². The lowest BCUT2D eigenvalue weighted by molar-refractivity contribution is -0.116. The molecular weight excluding hydrogens is 208 g/mol. The average molecular weight is 228 g/mol. The van der Waals surface area contributed by atoms with Crippen molar-refractivity contribution in [2.75, 3.05) is 0 Å². The highest BCUT2D eigenvalue weighted by molar-refractivity contribution is 5.96. The van der Waals surface area contributed by atoms with Crippen LogP contribution in [-0.4, -0.2) is 5.78 Å². The molecule has 0 atom stereocenters. The molecule has 0 radical (unpaired) electrons. The zero-order valence-electron chi connectivity index (χ0n) is 10.5. The third-order valence-electron chi connectivity index (χ3n) is 3.56. The predicted octanol–water partition coefficient (Wildman–Crippen LogP) is 4.08. The fourth-order valence-corrected chi connectivity index (χ4v) is 2.46. The first-order valence-electron chi connectivity index (χ1n) is 6.53. The minimum atomic E-state index is 0.391. The van der Waals surface area contributed by atoms with Gasteiger partial charge in [-0.1, -0.05) is 35.9 Å². The van der Waals surface area contributed by atoms with E-state index in [2.05, 4.69) is 31.2 Å². The molecule has 0 spiro atoms. The monoisotopic (exact) mass is 228 g/mol. The Morgan fingerprint density at radius 3 is 2.53 bits per heavy atom. The van der Waals surface area contributed by atoms with Crippen LogP contribution in [-0.2, 0) is 11.2 Å². The summed E-state index contributed by atoms with van der Waals surface area (Å²) in [7, 11) is 0. The van der Waals surface area contributed by atoms with Gasteiger partial charge in [-0.3, -0.25) is 4.79 Å². The van der Waals surface area contributed by atoms with Crippen LogP contribution in [0.2, 0.25) is 0 Å². The van der Waals surface area contributed by atoms with Gasteiger partial charge < -0.3 is 0 Å². The highest BCUT2D eigenvalue weighted by Gasteiger charge is 2.16. The molecule has 1 fully saturated rings. The molecule has 0 heterocycles. The molecule has 0 amide bonds. The SMILES string of the molecule is C/C(CCc1ccccc1)=C1/CCCCC1=O. The molecule has 0 saturated heterocycles. The molecule has 17 heavy (non-hydrogen) atoms. The van der Waals surface area contributed by atoms with Crippen molar-refractivity contribution in [1.29, 1.82) is 0 Å². The molecule has 1 aromatic rings. The van der Waals surface area contributed by atoms with Gasteiger partial charge in [-0.15, -0.1) is 0 Å². The van der Waals surface area contributed by atoms with Crippen molar-refractivity contribution in [2.45, 2.75) is 45.4 Å². The van der Waals surface area contributed by atoms with Crippen molar-refractivity contribution in [3.05, 3.63) is 47.0 Å². The van der Waals surface area contributed by atoms with Crippen molar-refractivity contribution >= 4 is 5.78 Å². The van der Waals surface area contributed by atoms with E-state index in [1.165, 1.54) is 17.6 Å². The van der Waals surface area contributed by atoms with E-state index in [1.807, 2.05) is 6.07 Å². The van der Waals surface area contributed by atoms with Crippen molar-refractivity contribution < 1.29 is 4.79 Å². The van der Waals surface area contributed by atoms with Gasteiger partial charge in [0.25, 0.3) is 0 Å². The summed E-state index contributed by atoms with van der Waals surface area (Å²) in [5.74, 6) is 0.391. The van der Waals surface area contributed by atoms with Crippen LogP contribution in [0.5, 0.6) is 0 Å². The van der Waals surface area contributed by atoms with Gasteiger partial charge >= 0.3 is 0 Å². The Kier molecular flexibility index (Phi) is 4.13. The normalized spacial score (nSPS) is 19.2. The lowest BCUT2D eigenvalue weighted by Crippen LogP contribution is -2.10. The Morgan fingerprint density at radius 1 is 1.12 bits per heavy atom. The number of ketones is 1. The molecule has 1 nitrogen and oxygen atoms in total. The fourth-order valence-electron chi connectivity index (χ4n) is 2.46. The second-order valence-corrected chi connectivity index (χ2v) is 4.87. The standard InChI is InChI=1S/C16H20O/c1-13(15-9-5-6-10-16(15)17)11-12-14-7-3-2-4-8-14/h2-4,7-8H,5-6,9-12H2,1H3/b15-13+. The Bertz CT molecular complexity index is 414. The Morgan fingerprint density at radius 2 is 1.82 bits per heavy atom. The highest BCUT2D eigenvalue weighted by atomic mass is 16.1. The number of rotatable bonds is 3. The number of hydrogen-bond donors (Lipinski definition) is 0. The number of Topliss-reactive ketones (excluding diaryl/α,β-unsaturated/α-hetero) is 1. The van der Waals surface area contributed by atoms with Gasteiger partial charge in [0.2, 0.25) is 0 Å². The third kappa shape index (κ3) is 3.29. The van der Waals surface area contributed by atoms with Gasteiger partial charge in [0, 0.05) is 6.42 Å². The predicted molar refractivity (Wildman–Crippen MR) is 70.9 cm³/mol. The molecule has 1 aromatic carbocycles. The van der Waals surface area contributed by atoms with Crippen LogP contribution in [0.25, 0.3) is 0 Å². The van der Waals surface area contributed by atoms with Crippen molar-refractivity contribution in [3.63, 3.8) is 0 Å². The summed E-state index contributed by atoms with van der Waals surface area (Å²) >= 11 is 0. The van der Waals surface area contributed by atoms with Crippen LogP contribution in [0.1, 0.15) is 44.6 Å². The number of benzene rings is 1. The topological polar surface area (TPSA) is 17.1 Å². The first-order valence-corrected chi connectivity index (χ1v) is 6.53. The van der Waals surface area contributed by atoms with Crippen LogP contribution in [0, 0.1) is 0 Å². The summed E-state index contributed by atoms with van der Waals surface area (Å²) in [6.07, 6.45) is 6.09. The third-order valence-corrected chi connectivity index (χ3v) is 3.56. The summed E-state index contributed by atoms with van der Waals surface area (Å²) < 4.78 is 0. The van der Waals surface area contributed by atoms with E-state index in [0.717, 1.165) is 37.7 Å². The van der Waals surface area contributed by atoms with E-state index in [4.69, 9.17) is 0 Å². The fraction of sp³-hybridized carbons (Fsp3) is 0.438. The summed E-state index contributed by atoms with van der Waals surface area (Å²) in [6, 6.07) is 10.5. The Hall–Kier alpha value is -1.37. The van der Waals surface area contributed by atoms with Crippen LogP contribution in [0.4, 0.5) is 0 Å². The van der Waals surface area contributed by atoms with Gasteiger partial charge in [0.1, 0.15) is 0 Å². The first kappa shape index (κ1) is 12.1. The maximum absolute atomic E-state index is 11.8. The molecule has 90 valence electrons. The van der Waals surface area contributed by atoms with E-state index >= 15 is 0 Å². The zero-order valence-corrected chi connectivity index (χ0v) is 10.5. The Balaban J connectivity index is 1.98. The van der Waals surface area contributed by atoms with E-state index in [9.17, 15) is 4.79 Å². The smallest absolute Gasteiger partial charge is 0.158 e. The van der Waals surface area contributed by atoms with Gasteiger partial charge in [-0.2, -0.15) is 0 Å². The molecule has 0 bridgehead atoms. The lowest BCUT2D eigenvalue weighted by Gasteiger charge is -2.16. The second kappa shape index (κ2) is 5.81. The van der Waals surface area contributed by atoms with Gasteiger partial charge in [-0.25, -0.2) is 0 Å². The lowest BCUT2D eigenvalue weighted by atomic mass is 9.88. The molecule has 1 heteroatoms. The van der Waals surface area contributed by atoms with Crippen LogP contribution in [0.15, 0.2) is 41.5 Å². The van der Waals surface area contributed by atoms with Crippen molar-refractivity contribution in [3.8, 4) is 0 Å². The molecule has 0 aromatic heterocycles. The molecule has 0 N–H and O–H groups in total. The first-order chi connectivity index (χ1) is 8.27. The van der Waals surface area contributed by atoms with E-state index in [0.29, 0.717) is 5.78 Å². The zero-order chi connectivity index (χ0) is 12.1. The molecule has 1 saturated carbocycles. The maximum Gasteiger partial charge on any atom is 0.158 e. The summed E-state index contributed by atoms with van der Waals surface area (Å²) in [4.78, 5) is 11.8. The van der Waals surface area contributed by atoms with Crippen molar-refractivity contribution in [1.82, 2.24) is 0 Å². The maximum atomic E-state index is 11.8. The van der Waals surface area contributed by atoms with Crippen LogP contribution in [0.3, 0.4) is 0 Å². The molecule has 1 aliphatic carbocycles. The quantitative estimate of drug-likeness (QED) is 0.712. The highest BCUT2D eigenvalue weighted by Crippen LogP contribution is 2.24. The van der Waals surface area contributed by atoms with Gasteiger partial charge in [0.15, 0.2) is 5.78 Å². The Labute approximate surface area is 104 Å². The van der Waals surface area contributed by atoms with E-state index in [1.54, 1.807) is 0 Å². The van der Waals surface area contributed by atoms with Gasteiger partial charge in [-0.05, 0) is 50.2 Å². The number of aryl methyl sites for hydroxylation is 1. The number of carbonyl (C=O) groups excluding carboxylic acids is 1. The van der Waals surface area contributed by atoms with E-state index in [-0.39, 0.29) is 0 Å². The second-order valence-electron chi connectivity index (χ2n) is 4.87. The number of allylic oxidation sites excluding steroid dienone is 2. The van der Waals surface area contributed by atoms with E-state index < -0.39 is 0 Å². The number of carbonyl (C=O) groups is 1. The minimum Gasteiger partial charge on any atom is -0.295 e. The summed E-state index contributed by atoms with van der Waals surface area (Å²) in [5.41, 5.74) is 3.78. The molecule has 0 aliphatic heterocycles. The molecular formula is C16H20O. The average Bonchev–Trinajstić information content (AvgIpc) is 2.38. The molecule has 1 aliphatic rings. The summed E-state index contributed by atoms with van der Waals surface area (Å²) in [5, 5.41) is 0. The van der Waals surface area contributed by atoms with Crippen LogP contribution < -0.4 is 0 Å². The van der Waals surface area contributed by atoms with Crippen molar-refractivity contribution in [2.24, 2.45) is 0 Å². The minimum absolute atomic E-state index is 0.391.